The molecule has 1 aliphatic rings. The third-order valence-electron chi connectivity index (χ3n) is 5.14. The quantitative estimate of drug-likeness (QED) is 0.647. The topological polar surface area (TPSA) is 58.6 Å². The number of unbranched alkanes of at least 4 members (excludes halogenated alkanes) is 2. The Bertz CT molecular complexity index is 628. The number of nitrogens with one attached hydrogen (secondary N) is 1. The molecule has 2 amide bonds. The van der Waals surface area contributed by atoms with Gasteiger partial charge in [-0.3, -0.25) is 9.59 Å². The summed E-state index contributed by atoms with van der Waals surface area (Å²) in [5.41, 5.74) is 1.02. The van der Waals surface area contributed by atoms with E-state index >= 15 is 0 Å². The second-order valence-electron chi connectivity index (χ2n) is 7.12. The van der Waals surface area contributed by atoms with E-state index in [9.17, 15) is 9.59 Å². The number of hydrogen-bond donors (Lipinski definition) is 1. The van der Waals surface area contributed by atoms with Crippen LogP contribution in [-0.4, -0.2) is 43.5 Å². The minimum absolute atomic E-state index is 0.0380. The van der Waals surface area contributed by atoms with Gasteiger partial charge >= 0.3 is 0 Å². The van der Waals surface area contributed by atoms with Gasteiger partial charge in [0.15, 0.2) is 0 Å². The standard InChI is InChI=1S/C21H31ClN2O3/c1-3-4-5-12-23-21(26)17-10-13-24(14-11-17)20(25)9-7-16-6-8-19(27-2)18(22)15-16/h6,8,15,17H,3-5,7,9-14H2,1-2H3,(H,23,26). The molecule has 1 fully saturated rings. The average Bonchev–Trinajstić information content (AvgIpc) is 2.69. The highest BCUT2D eigenvalue weighted by Gasteiger charge is 2.26. The molecule has 150 valence electrons. The van der Waals surface area contributed by atoms with Crippen molar-refractivity contribution in [3.63, 3.8) is 0 Å². The van der Waals surface area contributed by atoms with Gasteiger partial charge in [0, 0.05) is 32.0 Å². The molecule has 1 heterocycles. The maximum Gasteiger partial charge on any atom is 0.223 e. The lowest BCUT2D eigenvalue weighted by Gasteiger charge is -2.31. The van der Waals surface area contributed by atoms with Crippen molar-refractivity contribution in [2.24, 2.45) is 5.92 Å². The maximum atomic E-state index is 12.5. The summed E-state index contributed by atoms with van der Waals surface area (Å²) >= 11 is 6.13. The monoisotopic (exact) mass is 394 g/mol. The fourth-order valence-electron chi connectivity index (χ4n) is 3.40. The molecule has 1 aliphatic heterocycles. The van der Waals surface area contributed by atoms with Crippen molar-refractivity contribution < 1.29 is 14.3 Å². The molecule has 6 heteroatoms. The van der Waals surface area contributed by atoms with Crippen LogP contribution in [0.1, 0.15) is 51.0 Å². The lowest BCUT2D eigenvalue weighted by molar-refractivity contribution is -0.135. The zero-order chi connectivity index (χ0) is 19.6. The van der Waals surface area contributed by atoms with Crippen molar-refractivity contribution in [2.45, 2.75) is 51.9 Å². The first-order valence-electron chi connectivity index (χ1n) is 9.93. The van der Waals surface area contributed by atoms with E-state index in [2.05, 4.69) is 12.2 Å². The Morgan fingerprint density at radius 2 is 2.00 bits per heavy atom. The predicted octanol–water partition coefficient (Wildman–Crippen LogP) is 3.83. The first kappa shape index (κ1) is 21.5. The molecular formula is C21H31ClN2O3. The molecule has 0 unspecified atom stereocenters. The number of amides is 2. The highest BCUT2D eigenvalue weighted by Crippen LogP contribution is 2.25. The molecule has 0 radical (unpaired) electrons. The minimum Gasteiger partial charge on any atom is -0.495 e. The van der Waals surface area contributed by atoms with Crippen molar-refractivity contribution >= 4 is 23.4 Å². The van der Waals surface area contributed by atoms with Gasteiger partial charge in [-0.15, -0.1) is 0 Å². The van der Waals surface area contributed by atoms with Crippen LogP contribution in [0.25, 0.3) is 0 Å². The van der Waals surface area contributed by atoms with Gasteiger partial charge in [-0.2, -0.15) is 0 Å². The number of hydrogen-bond acceptors (Lipinski definition) is 3. The largest absolute Gasteiger partial charge is 0.495 e. The van der Waals surface area contributed by atoms with Gasteiger partial charge < -0.3 is 15.0 Å². The van der Waals surface area contributed by atoms with Crippen molar-refractivity contribution in [3.8, 4) is 5.75 Å². The molecule has 0 aliphatic carbocycles. The summed E-state index contributed by atoms with van der Waals surface area (Å²) in [4.78, 5) is 26.5. The molecule has 0 atom stereocenters. The number of piperidine rings is 1. The van der Waals surface area contributed by atoms with Crippen LogP contribution in [0.5, 0.6) is 5.75 Å². The van der Waals surface area contributed by atoms with Crippen LogP contribution in [0.4, 0.5) is 0 Å². The number of carbonyl (C=O) groups is 2. The summed E-state index contributed by atoms with van der Waals surface area (Å²) in [6.07, 6.45) is 5.94. The molecule has 1 aromatic carbocycles. The molecule has 0 saturated carbocycles. The normalized spacial score (nSPS) is 14.9. The highest BCUT2D eigenvalue weighted by atomic mass is 35.5. The van der Waals surface area contributed by atoms with Gasteiger partial charge in [-0.25, -0.2) is 0 Å². The Balaban J connectivity index is 1.71. The second kappa shape index (κ2) is 11.2. The van der Waals surface area contributed by atoms with Crippen molar-refractivity contribution in [3.05, 3.63) is 28.8 Å². The lowest BCUT2D eigenvalue weighted by atomic mass is 9.95. The average molecular weight is 395 g/mol. The van der Waals surface area contributed by atoms with Gasteiger partial charge in [0.05, 0.1) is 12.1 Å². The number of halogens is 1. The fourth-order valence-corrected chi connectivity index (χ4v) is 3.68. The van der Waals surface area contributed by atoms with Gasteiger partial charge in [0.25, 0.3) is 0 Å². The molecule has 0 spiro atoms. The number of nitrogens with zero attached hydrogens (tertiary/aromatic N) is 1. The third kappa shape index (κ3) is 6.73. The third-order valence-corrected chi connectivity index (χ3v) is 5.44. The Morgan fingerprint density at radius 3 is 2.63 bits per heavy atom. The van der Waals surface area contributed by atoms with E-state index in [4.69, 9.17) is 16.3 Å². The van der Waals surface area contributed by atoms with E-state index in [-0.39, 0.29) is 17.7 Å². The minimum atomic E-state index is 0.0380. The van der Waals surface area contributed by atoms with Crippen LogP contribution in [-0.2, 0) is 16.0 Å². The number of rotatable bonds is 9. The molecule has 5 nitrogen and oxygen atoms in total. The smallest absolute Gasteiger partial charge is 0.223 e. The maximum absolute atomic E-state index is 12.5. The lowest BCUT2D eigenvalue weighted by Crippen LogP contribution is -2.43. The number of benzene rings is 1. The Morgan fingerprint density at radius 1 is 1.26 bits per heavy atom. The highest BCUT2D eigenvalue weighted by molar-refractivity contribution is 6.32. The van der Waals surface area contributed by atoms with E-state index < -0.39 is 0 Å². The summed E-state index contributed by atoms with van der Waals surface area (Å²) < 4.78 is 5.15. The van der Waals surface area contributed by atoms with Crippen molar-refractivity contribution in [1.29, 1.82) is 0 Å². The molecular weight excluding hydrogens is 364 g/mol. The molecule has 27 heavy (non-hydrogen) atoms. The number of ether oxygens (including phenoxy) is 1. The van der Waals surface area contributed by atoms with Crippen LogP contribution in [0, 0.1) is 5.92 Å². The Kier molecular flexibility index (Phi) is 8.92. The number of carbonyl (C=O) groups excluding carboxylic acids is 2. The van der Waals surface area contributed by atoms with Crippen molar-refractivity contribution in [2.75, 3.05) is 26.7 Å². The Hall–Kier alpha value is -1.75. The molecule has 2 rings (SSSR count). The zero-order valence-electron chi connectivity index (χ0n) is 16.4. The van der Waals surface area contributed by atoms with Crippen LogP contribution in [0.2, 0.25) is 5.02 Å². The van der Waals surface area contributed by atoms with Crippen molar-refractivity contribution in [1.82, 2.24) is 10.2 Å². The first-order chi connectivity index (χ1) is 13.0. The predicted molar refractivity (Wildman–Crippen MR) is 108 cm³/mol. The van der Waals surface area contributed by atoms with E-state index in [1.165, 1.54) is 0 Å². The number of likely N-dealkylation sites (tertiary alicyclic amines) is 1. The zero-order valence-corrected chi connectivity index (χ0v) is 17.2. The second-order valence-corrected chi connectivity index (χ2v) is 7.53. The summed E-state index contributed by atoms with van der Waals surface area (Å²) in [5.74, 6) is 0.965. The van der Waals surface area contributed by atoms with E-state index in [0.29, 0.717) is 36.7 Å². The number of aryl methyl sites for hydroxylation is 1. The summed E-state index contributed by atoms with van der Waals surface area (Å²) in [6, 6.07) is 5.61. The number of methoxy groups -OCH3 is 1. The molecule has 1 N–H and O–H groups in total. The summed E-state index contributed by atoms with van der Waals surface area (Å²) in [5, 5.41) is 3.59. The fraction of sp³-hybridized carbons (Fsp3) is 0.619. The van der Waals surface area contributed by atoms with Gasteiger partial charge in [0.1, 0.15) is 5.75 Å². The van der Waals surface area contributed by atoms with Crippen LogP contribution in [0.3, 0.4) is 0 Å². The molecule has 0 bridgehead atoms. The van der Waals surface area contributed by atoms with Gasteiger partial charge in [0.2, 0.25) is 11.8 Å². The molecule has 0 aromatic heterocycles. The van der Waals surface area contributed by atoms with Crippen LogP contribution < -0.4 is 10.1 Å². The SMILES string of the molecule is CCCCCNC(=O)C1CCN(C(=O)CCc2ccc(OC)c(Cl)c2)CC1. The van der Waals surface area contributed by atoms with Crippen LogP contribution in [0.15, 0.2) is 18.2 Å². The molecule has 1 saturated heterocycles. The summed E-state index contributed by atoms with van der Waals surface area (Å²) in [7, 11) is 1.58. The van der Waals surface area contributed by atoms with Crippen LogP contribution >= 0.6 is 11.6 Å². The summed E-state index contributed by atoms with van der Waals surface area (Å²) in [6.45, 7) is 4.23. The van der Waals surface area contributed by atoms with E-state index in [1.54, 1.807) is 7.11 Å². The van der Waals surface area contributed by atoms with E-state index in [1.807, 2.05) is 23.1 Å². The Labute approximate surface area is 167 Å². The van der Waals surface area contributed by atoms with Gasteiger partial charge in [-0.05, 0) is 43.4 Å². The first-order valence-corrected chi connectivity index (χ1v) is 10.3. The van der Waals surface area contributed by atoms with E-state index in [0.717, 1.165) is 44.2 Å². The van der Waals surface area contributed by atoms with Gasteiger partial charge in [-0.1, -0.05) is 37.4 Å². The molecule has 1 aromatic rings.